The van der Waals surface area contributed by atoms with Crippen molar-refractivity contribution in [2.75, 3.05) is 0 Å². The number of rotatable bonds is 2. The number of carboxylic acid groups (broad SMARTS) is 1. The van der Waals surface area contributed by atoms with Gasteiger partial charge in [-0.2, -0.15) is 0 Å². The van der Waals surface area contributed by atoms with Crippen molar-refractivity contribution in [1.29, 1.82) is 0 Å². The third-order valence-corrected chi connectivity index (χ3v) is 4.58. The third-order valence-electron chi connectivity index (χ3n) is 4.58. The van der Waals surface area contributed by atoms with Crippen LogP contribution < -0.4 is 0 Å². The van der Waals surface area contributed by atoms with Gasteiger partial charge < -0.3 is 5.11 Å². The largest absolute Gasteiger partial charge is 0.481 e. The maximum atomic E-state index is 10.7. The van der Waals surface area contributed by atoms with Crippen LogP contribution >= 0.6 is 0 Å². The highest BCUT2D eigenvalue weighted by Crippen LogP contribution is 2.59. The highest BCUT2D eigenvalue weighted by molar-refractivity contribution is 5.67. The smallest absolute Gasteiger partial charge is 0.303 e. The van der Waals surface area contributed by atoms with E-state index in [1.165, 1.54) is 19.3 Å². The highest BCUT2D eigenvalue weighted by Gasteiger charge is 2.52. The number of carboxylic acids is 1. The minimum Gasteiger partial charge on any atom is -0.481 e. The van der Waals surface area contributed by atoms with Crippen molar-refractivity contribution < 1.29 is 9.90 Å². The molecule has 3 aliphatic carbocycles. The van der Waals surface area contributed by atoms with E-state index < -0.39 is 5.97 Å². The summed E-state index contributed by atoms with van der Waals surface area (Å²) >= 11 is 0. The van der Waals surface area contributed by atoms with Gasteiger partial charge in [0.1, 0.15) is 0 Å². The van der Waals surface area contributed by atoms with E-state index in [1.54, 1.807) is 0 Å². The van der Waals surface area contributed by atoms with E-state index in [2.05, 4.69) is 12.2 Å². The van der Waals surface area contributed by atoms with Crippen LogP contribution in [0.15, 0.2) is 12.2 Å². The fourth-order valence-corrected chi connectivity index (χ4v) is 4.14. The Morgan fingerprint density at radius 1 is 1.36 bits per heavy atom. The second kappa shape index (κ2) is 2.85. The SMILES string of the molecule is O=C(O)C[C@@H]1C[C@H]2C[C@H]1[C@H]1C=CC[C@H]21. The van der Waals surface area contributed by atoms with Gasteiger partial charge in [-0.05, 0) is 48.9 Å². The lowest BCUT2D eigenvalue weighted by atomic mass is 9.74. The lowest BCUT2D eigenvalue weighted by Crippen LogP contribution is -2.25. The van der Waals surface area contributed by atoms with E-state index in [9.17, 15) is 4.79 Å². The van der Waals surface area contributed by atoms with E-state index in [0.717, 1.165) is 17.8 Å². The zero-order chi connectivity index (χ0) is 9.71. The molecule has 3 aliphatic rings. The van der Waals surface area contributed by atoms with Crippen molar-refractivity contribution in [1.82, 2.24) is 0 Å². The van der Waals surface area contributed by atoms with Crippen LogP contribution in [0.3, 0.4) is 0 Å². The average Bonchev–Trinajstić information content (AvgIpc) is 2.68. The van der Waals surface area contributed by atoms with Crippen LogP contribution in [0.1, 0.15) is 25.7 Å². The quantitative estimate of drug-likeness (QED) is 0.682. The van der Waals surface area contributed by atoms with Crippen LogP contribution in [0.4, 0.5) is 0 Å². The summed E-state index contributed by atoms with van der Waals surface area (Å²) in [7, 11) is 0. The summed E-state index contributed by atoms with van der Waals surface area (Å²) < 4.78 is 0. The van der Waals surface area contributed by atoms with Crippen LogP contribution in [0.5, 0.6) is 0 Å². The first-order valence-electron chi connectivity index (χ1n) is 5.64. The van der Waals surface area contributed by atoms with E-state index >= 15 is 0 Å². The fourth-order valence-electron chi connectivity index (χ4n) is 4.14. The molecule has 76 valence electrons. The monoisotopic (exact) mass is 192 g/mol. The predicted octanol–water partition coefficient (Wildman–Crippen LogP) is 2.31. The molecule has 2 bridgehead atoms. The van der Waals surface area contributed by atoms with Crippen molar-refractivity contribution in [3.05, 3.63) is 12.2 Å². The van der Waals surface area contributed by atoms with Gasteiger partial charge in [-0.3, -0.25) is 4.79 Å². The predicted molar refractivity (Wildman–Crippen MR) is 52.7 cm³/mol. The van der Waals surface area contributed by atoms with Crippen molar-refractivity contribution in [3.8, 4) is 0 Å². The Balaban J connectivity index is 1.76. The fraction of sp³-hybridized carbons (Fsp3) is 0.750. The molecule has 2 nitrogen and oxygen atoms in total. The maximum absolute atomic E-state index is 10.7. The summed E-state index contributed by atoms with van der Waals surface area (Å²) in [6.07, 6.45) is 8.79. The van der Waals surface area contributed by atoms with Crippen LogP contribution in [-0.4, -0.2) is 11.1 Å². The van der Waals surface area contributed by atoms with Gasteiger partial charge in [0.25, 0.3) is 0 Å². The minimum atomic E-state index is -0.610. The first-order valence-corrected chi connectivity index (χ1v) is 5.64. The first kappa shape index (κ1) is 8.51. The Hall–Kier alpha value is -0.790. The van der Waals surface area contributed by atoms with Gasteiger partial charge in [-0.1, -0.05) is 12.2 Å². The average molecular weight is 192 g/mol. The van der Waals surface area contributed by atoms with Gasteiger partial charge in [-0.15, -0.1) is 0 Å². The summed E-state index contributed by atoms with van der Waals surface area (Å²) in [6.45, 7) is 0. The van der Waals surface area contributed by atoms with Gasteiger partial charge in [0.15, 0.2) is 0 Å². The number of fused-ring (bicyclic) bond motifs is 5. The van der Waals surface area contributed by atoms with E-state index in [-0.39, 0.29) is 0 Å². The summed E-state index contributed by atoms with van der Waals surface area (Å²) in [5.41, 5.74) is 0. The molecule has 0 saturated heterocycles. The molecule has 0 amide bonds. The molecule has 0 aliphatic heterocycles. The Morgan fingerprint density at radius 2 is 2.21 bits per heavy atom. The van der Waals surface area contributed by atoms with Crippen LogP contribution in [0, 0.1) is 29.6 Å². The summed E-state index contributed by atoms with van der Waals surface area (Å²) in [5.74, 6) is 3.01. The molecule has 2 heteroatoms. The Kier molecular flexibility index (Phi) is 1.73. The molecular weight excluding hydrogens is 176 g/mol. The Morgan fingerprint density at radius 3 is 3.00 bits per heavy atom. The van der Waals surface area contributed by atoms with Crippen LogP contribution in [0.25, 0.3) is 0 Å². The standard InChI is InChI=1S/C12H16O2/c13-12(14)6-8-4-7-5-11(8)10-3-1-2-9(7)10/h1,3,7-11H,2,4-6H2,(H,13,14)/t7-,8-,9+,10-,11+/m0/s1. The molecule has 2 fully saturated rings. The maximum Gasteiger partial charge on any atom is 0.303 e. The molecule has 0 aromatic rings. The molecule has 5 atom stereocenters. The number of allylic oxidation sites excluding steroid dienone is 2. The molecular formula is C12H16O2. The summed E-state index contributed by atoms with van der Waals surface area (Å²) in [5, 5.41) is 8.82. The van der Waals surface area contributed by atoms with Crippen molar-refractivity contribution in [2.24, 2.45) is 29.6 Å². The highest BCUT2D eigenvalue weighted by atomic mass is 16.4. The molecule has 0 aromatic carbocycles. The Labute approximate surface area is 84.0 Å². The zero-order valence-electron chi connectivity index (χ0n) is 8.23. The minimum absolute atomic E-state index is 0.401. The molecule has 0 radical (unpaired) electrons. The molecule has 3 rings (SSSR count). The molecule has 2 saturated carbocycles. The zero-order valence-corrected chi connectivity index (χ0v) is 8.23. The van der Waals surface area contributed by atoms with E-state index in [4.69, 9.17) is 5.11 Å². The summed E-state index contributed by atoms with van der Waals surface area (Å²) in [6, 6.07) is 0. The number of carbonyl (C=O) groups is 1. The molecule has 0 heterocycles. The van der Waals surface area contributed by atoms with Gasteiger partial charge in [0.2, 0.25) is 0 Å². The van der Waals surface area contributed by atoms with E-state index in [1.807, 2.05) is 0 Å². The molecule has 0 spiro atoms. The second-order valence-corrected chi connectivity index (χ2v) is 5.16. The van der Waals surface area contributed by atoms with Gasteiger partial charge >= 0.3 is 5.97 Å². The number of hydrogen-bond donors (Lipinski definition) is 1. The topological polar surface area (TPSA) is 37.3 Å². The number of aliphatic carboxylic acids is 1. The van der Waals surface area contributed by atoms with Crippen LogP contribution in [0.2, 0.25) is 0 Å². The van der Waals surface area contributed by atoms with Crippen molar-refractivity contribution in [3.63, 3.8) is 0 Å². The molecule has 0 unspecified atom stereocenters. The van der Waals surface area contributed by atoms with Gasteiger partial charge in [-0.25, -0.2) is 0 Å². The van der Waals surface area contributed by atoms with Gasteiger partial charge in [0.05, 0.1) is 0 Å². The first-order chi connectivity index (χ1) is 6.75. The number of hydrogen-bond acceptors (Lipinski definition) is 1. The third kappa shape index (κ3) is 1.06. The normalized spacial score (nSPS) is 48.4. The molecule has 14 heavy (non-hydrogen) atoms. The lowest BCUT2D eigenvalue weighted by Gasteiger charge is -2.30. The lowest BCUT2D eigenvalue weighted by molar-refractivity contribution is -0.138. The molecule has 0 aromatic heterocycles. The van der Waals surface area contributed by atoms with E-state index in [0.29, 0.717) is 18.3 Å². The summed E-state index contributed by atoms with van der Waals surface area (Å²) in [4.78, 5) is 10.7. The second-order valence-electron chi connectivity index (χ2n) is 5.16. The van der Waals surface area contributed by atoms with Crippen molar-refractivity contribution in [2.45, 2.75) is 25.7 Å². The van der Waals surface area contributed by atoms with Crippen molar-refractivity contribution >= 4 is 5.97 Å². The Bertz CT molecular complexity index is 295. The van der Waals surface area contributed by atoms with Crippen LogP contribution in [-0.2, 0) is 4.79 Å². The van der Waals surface area contributed by atoms with Gasteiger partial charge in [0, 0.05) is 6.42 Å². The molecule has 1 N–H and O–H groups in total.